The second-order valence-corrected chi connectivity index (χ2v) is 11.4. The maximum absolute atomic E-state index is 13.3. The van der Waals surface area contributed by atoms with E-state index < -0.39 is 10.0 Å². The van der Waals surface area contributed by atoms with Crippen molar-refractivity contribution in [3.8, 4) is 17.5 Å². The third kappa shape index (κ3) is 4.53. The predicted octanol–water partition coefficient (Wildman–Crippen LogP) is 4.29. The van der Waals surface area contributed by atoms with Crippen molar-refractivity contribution >= 4 is 21.6 Å². The second kappa shape index (κ2) is 9.97. The lowest BCUT2D eigenvalue weighted by atomic mass is 10.0. The Morgan fingerprint density at radius 3 is 2.16 bits per heavy atom. The fourth-order valence-electron chi connectivity index (χ4n) is 5.12. The molecule has 0 N–H and O–H groups in total. The molecule has 0 saturated carbocycles. The van der Waals surface area contributed by atoms with Gasteiger partial charge >= 0.3 is 0 Å². The smallest absolute Gasteiger partial charge is 0.243 e. The van der Waals surface area contributed by atoms with Crippen LogP contribution in [0.15, 0.2) is 88.2 Å². The highest BCUT2D eigenvalue weighted by molar-refractivity contribution is 7.89. The minimum absolute atomic E-state index is 0.227. The van der Waals surface area contributed by atoms with E-state index in [2.05, 4.69) is 34.2 Å². The van der Waals surface area contributed by atoms with Crippen LogP contribution >= 0.6 is 0 Å². The van der Waals surface area contributed by atoms with Gasteiger partial charge < -0.3 is 14.2 Å². The van der Waals surface area contributed by atoms with Crippen molar-refractivity contribution < 1.29 is 12.8 Å². The molecule has 2 aliphatic rings. The Bertz CT molecular complexity index is 1590. The number of nitrogens with zero attached hydrogens (tertiary/aromatic N) is 5. The van der Waals surface area contributed by atoms with Gasteiger partial charge in [0.2, 0.25) is 27.5 Å². The Morgan fingerprint density at radius 2 is 1.45 bits per heavy atom. The van der Waals surface area contributed by atoms with Crippen LogP contribution in [0.3, 0.4) is 0 Å². The molecule has 0 bridgehead atoms. The zero-order valence-corrected chi connectivity index (χ0v) is 21.6. The van der Waals surface area contributed by atoms with Gasteiger partial charge in [0.15, 0.2) is 0 Å². The standard InChI is InChI=1S/C29H27N5O3S/c30-20-27-29(33-18-16-32(17-19-33)25-8-2-1-3-9-25)37-28(31-27)23-10-12-26(13-11-23)38(35,36)34-15-14-22-6-4-5-7-24(22)21-34/h1-13H,14-19,21H2. The molecule has 0 unspecified atom stereocenters. The third-order valence-corrected chi connectivity index (χ3v) is 9.10. The Labute approximate surface area is 222 Å². The number of rotatable bonds is 5. The van der Waals surface area contributed by atoms with E-state index in [4.69, 9.17) is 4.42 Å². The number of piperazine rings is 1. The van der Waals surface area contributed by atoms with E-state index in [1.54, 1.807) is 24.3 Å². The highest BCUT2D eigenvalue weighted by Gasteiger charge is 2.29. The molecule has 3 aromatic carbocycles. The quantitative estimate of drug-likeness (QED) is 0.384. The van der Waals surface area contributed by atoms with Gasteiger partial charge in [-0.15, -0.1) is 0 Å². The number of para-hydroxylation sites is 1. The van der Waals surface area contributed by atoms with E-state index >= 15 is 0 Å². The van der Waals surface area contributed by atoms with Crippen LogP contribution in [0.25, 0.3) is 11.5 Å². The molecule has 8 nitrogen and oxygen atoms in total. The summed E-state index contributed by atoms with van der Waals surface area (Å²) in [5.41, 5.74) is 4.27. The van der Waals surface area contributed by atoms with Gasteiger partial charge in [0.05, 0.1) is 4.90 Å². The van der Waals surface area contributed by atoms with Crippen LogP contribution in [0.4, 0.5) is 11.6 Å². The third-order valence-electron chi connectivity index (χ3n) is 7.24. The molecule has 1 saturated heterocycles. The average molecular weight is 526 g/mol. The van der Waals surface area contributed by atoms with Crippen molar-refractivity contribution in [2.45, 2.75) is 17.9 Å². The first-order valence-corrected chi connectivity index (χ1v) is 14.1. The Hall–Kier alpha value is -4.13. The van der Waals surface area contributed by atoms with Gasteiger partial charge in [0, 0.05) is 50.5 Å². The van der Waals surface area contributed by atoms with Crippen molar-refractivity contribution in [3.05, 3.63) is 95.7 Å². The van der Waals surface area contributed by atoms with Crippen LogP contribution in [0.2, 0.25) is 0 Å². The molecule has 6 rings (SSSR count). The van der Waals surface area contributed by atoms with E-state index in [9.17, 15) is 13.7 Å². The van der Waals surface area contributed by atoms with Gasteiger partial charge in [0.25, 0.3) is 0 Å². The van der Waals surface area contributed by atoms with Crippen molar-refractivity contribution in [1.82, 2.24) is 9.29 Å². The molecule has 0 radical (unpaired) electrons. The zero-order valence-electron chi connectivity index (χ0n) is 20.8. The van der Waals surface area contributed by atoms with E-state index in [0.717, 1.165) is 18.7 Å². The fraction of sp³-hybridized carbons (Fsp3) is 0.241. The lowest BCUT2D eigenvalue weighted by Crippen LogP contribution is -2.46. The van der Waals surface area contributed by atoms with E-state index in [1.165, 1.54) is 15.6 Å². The molecule has 0 atom stereocenters. The minimum atomic E-state index is -3.64. The highest BCUT2D eigenvalue weighted by atomic mass is 32.2. The molecular weight excluding hydrogens is 498 g/mol. The summed E-state index contributed by atoms with van der Waals surface area (Å²) < 4.78 is 34.2. The van der Waals surface area contributed by atoms with Crippen molar-refractivity contribution in [1.29, 1.82) is 5.26 Å². The lowest BCUT2D eigenvalue weighted by molar-refractivity contribution is 0.391. The minimum Gasteiger partial charge on any atom is -0.419 e. The van der Waals surface area contributed by atoms with Gasteiger partial charge in [-0.3, -0.25) is 0 Å². The number of oxazole rings is 1. The monoisotopic (exact) mass is 525 g/mol. The number of benzene rings is 3. The van der Waals surface area contributed by atoms with Crippen molar-refractivity contribution in [2.24, 2.45) is 0 Å². The van der Waals surface area contributed by atoms with Crippen molar-refractivity contribution in [2.75, 3.05) is 42.5 Å². The van der Waals surface area contributed by atoms with Crippen LogP contribution in [0, 0.1) is 11.3 Å². The van der Waals surface area contributed by atoms with Crippen LogP contribution < -0.4 is 9.80 Å². The van der Waals surface area contributed by atoms with E-state index in [0.29, 0.717) is 49.9 Å². The second-order valence-electron chi connectivity index (χ2n) is 9.48. The molecule has 0 spiro atoms. The molecule has 4 aromatic rings. The van der Waals surface area contributed by atoms with Crippen LogP contribution in [-0.2, 0) is 23.0 Å². The molecule has 192 valence electrons. The van der Waals surface area contributed by atoms with Gasteiger partial charge in [-0.1, -0.05) is 42.5 Å². The summed E-state index contributed by atoms with van der Waals surface area (Å²) in [6.07, 6.45) is 0.698. The Kier molecular flexibility index (Phi) is 6.35. The number of fused-ring (bicyclic) bond motifs is 1. The SMILES string of the molecule is N#Cc1nc(-c2ccc(S(=O)(=O)N3CCc4ccccc4C3)cc2)oc1N1CCN(c2ccccc2)CC1. The summed E-state index contributed by atoms with van der Waals surface area (Å²) in [5.74, 6) is 0.761. The van der Waals surface area contributed by atoms with Crippen LogP contribution in [0.1, 0.15) is 16.8 Å². The molecule has 3 heterocycles. The molecule has 1 aromatic heterocycles. The number of nitriles is 1. The number of hydrogen-bond donors (Lipinski definition) is 0. The predicted molar refractivity (Wildman–Crippen MR) is 145 cm³/mol. The van der Waals surface area contributed by atoms with Crippen LogP contribution in [-0.4, -0.2) is 50.4 Å². The normalized spacial score (nSPS) is 16.2. The molecule has 2 aliphatic heterocycles. The summed E-state index contributed by atoms with van der Waals surface area (Å²) in [6, 6.07) is 26.9. The van der Waals surface area contributed by atoms with E-state index in [-0.39, 0.29) is 10.6 Å². The van der Waals surface area contributed by atoms with E-state index in [1.807, 2.05) is 41.3 Å². The number of sulfonamides is 1. The lowest BCUT2D eigenvalue weighted by Gasteiger charge is -2.35. The fourth-order valence-corrected chi connectivity index (χ4v) is 6.54. The summed E-state index contributed by atoms with van der Waals surface area (Å²) in [6.45, 7) is 3.83. The first kappa shape index (κ1) is 24.2. The molecule has 0 amide bonds. The average Bonchev–Trinajstić information content (AvgIpc) is 3.42. The maximum Gasteiger partial charge on any atom is 0.243 e. The molecular formula is C29H27N5O3S. The van der Waals surface area contributed by atoms with Gasteiger partial charge in [-0.05, 0) is 53.9 Å². The van der Waals surface area contributed by atoms with Crippen LogP contribution in [0.5, 0.6) is 0 Å². The first-order chi connectivity index (χ1) is 18.5. The van der Waals surface area contributed by atoms with Gasteiger partial charge in [0.1, 0.15) is 6.07 Å². The topological polar surface area (TPSA) is 93.7 Å². The number of hydrogen-bond acceptors (Lipinski definition) is 7. The maximum atomic E-state index is 13.3. The largest absolute Gasteiger partial charge is 0.419 e. The molecule has 38 heavy (non-hydrogen) atoms. The summed E-state index contributed by atoms with van der Waals surface area (Å²) in [7, 11) is -3.64. The number of anilines is 2. The summed E-state index contributed by atoms with van der Waals surface area (Å²) >= 11 is 0. The first-order valence-electron chi connectivity index (χ1n) is 12.7. The van der Waals surface area contributed by atoms with Crippen molar-refractivity contribution in [3.63, 3.8) is 0 Å². The van der Waals surface area contributed by atoms with Gasteiger partial charge in [-0.2, -0.15) is 14.6 Å². The number of aromatic nitrogens is 1. The molecule has 9 heteroatoms. The zero-order chi connectivity index (χ0) is 26.1. The molecule has 0 aliphatic carbocycles. The Balaban J connectivity index is 1.18. The summed E-state index contributed by atoms with van der Waals surface area (Å²) in [5, 5.41) is 9.71. The Morgan fingerprint density at radius 1 is 0.789 bits per heavy atom. The highest BCUT2D eigenvalue weighted by Crippen LogP contribution is 2.31. The summed E-state index contributed by atoms with van der Waals surface area (Å²) in [4.78, 5) is 8.99. The molecule has 1 fully saturated rings. The van der Waals surface area contributed by atoms with Gasteiger partial charge in [-0.25, -0.2) is 8.42 Å².